The monoisotopic (exact) mass is 202 g/mol. The molecule has 0 aliphatic carbocycles. The summed E-state index contributed by atoms with van der Waals surface area (Å²) in [6.45, 7) is 2.16. The Labute approximate surface area is 89.0 Å². The normalized spacial score (nSPS) is 10.5. The summed E-state index contributed by atoms with van der Waals surface area (Å²) in [5, 5.41) is 13.3. The van der Waals surface area contributed by atoms with Crippen LogP contribution in [0.5, 0.6) is 0 Å². The average molecular weight is 202 g/mol. The average Bonchev–Trinajstić information content (AvgIpc) is 2.61. The van der Waals surface area contributed by atoms with Gasteiger partial charge in [-0.05, 0) is 25.1 Å². The molecule has 2 rings (SSSR count). The Hall–Kier alpha value is -1.61. The Morgan fingerprint density at radius 1 is 1.27 bits per heavy atom. The maximum Gasteiger partial charge on any atom is 0.0654 e. The lowest BCUT2D eigenvalue weighted by atomic mass is 10.3. The van der Waals surface area contributed by atoms with Gasteiger partial charge in [0.2, 0.25) is 0 Å². The van der Waals surface area contributed by atoms with Gasteiger partial charge in [0.05, 0.1) is 11.4 Å². The molecule has 2 aromatic rings. The lowest BCUT2D eigenvalue weighted by Crippen LogP contribution is -1.99. The standard InChI is InChI=1S/C12H14N2O/c1-10-9-11(7-8-15)13-14(10)12-5-3-2-4-6-12/h2-6,9,15H,7-8H2,1H3. The molecule has 15 heavy (non-hydrogen) atoms. The molecule has 0 unspecified atom stereocenters. The fourth-order valence-corrected chi connectivity index (χ4v) is 1.61. The third-order valence-electron chi connectivity index (χ3n) is 2.31. The van der Waals surface area contributed by atoms with Gasteiger partial charge in [0.1, 0.15) is 0 Å². The van der Waals surface area contributed by atoms with Crippen molar-refractivity contribution in [3.05, 3.63) is 47.8 Å². The van der Waals surface area contributed by atoms with E-state index in [-0.39, 0.29) is 6.61 Å². The van der Waals surface area contributed by atoms with Crippen molar-refractivity contribution in [2.45, 2.75) is 13.3 Å². The smallest absolute Gasteiger partial charge is 0.0654 e. The van der Waals surface area contributed by atoms with Crippen LogP contribution in [0, 0.1) is 6.92 Å². The molecule has 0 radical (unpaired) electrons. The van der Waals surface area contributed by atoms with Crippen molar-refractivity contribution in [1.29, 1.82) is 0 Å². The molecule has 1 aromatic carbocycles. The second kappa shape index (κ2) is 4.28. The van der Waals surface area contributed by atoms with Crippen LogP contribution in [0.15, 0.2) is 36.4 Å². The molecular formula is C12H14N2O. The van der Waals surface area contributed by atoms with Crippen molar-refractivity contribution < 1.29 is 5.11 Å². The van der Waals surface area contributed by atoms with Crippen LogP contribution < -0.4 is 0 Å². The third kappa shape index (κ3) is 2.07. The van der Waals surface area contributed by atoms with Crippen molar-refractivity contribution in [1.82, 2.24) is 9.78 Å². The summed E-state index contributed by atoms with van der Waals surface area (Å²) in [6, 6.07) is 12.0. The number of benzene rings is 1. The number of rotatable bonds is 3. The molecule has 1 heterocycles. The first-order valence-electron chi connectivity index (χ1n) is 5.03. The third-order valence-corrected chi connectivity index (χ3v) is 2.31. The van der Waals surface area contributed by atoms with Gasteiger partial charge in [0.15, 0.2) is 0 Å². The second-order valence-corrected chi connectivity index (χ2v) is 3.50. The highest BCUT2D eigenvalue weighted by atomic mass is 16.3. The molecule has 3 nitrogen and oxygen atoms in total. The summed E-state index contributed by atoms with van der Waals surface area (Å²) in [6.07, 6.45) is 0.612. The highest BCUT2D eigenvalue weighted by Gasteiger charge is 2.04. The first kappa shape index (κ1) is 9.93. The van der Waals surface area contributed by atoms with Gasteiger partial charge in [0, 0.05) is 18.7 Å². The minimum Gasteiger partial charge on any atom is -0.396 e. The molecule has 0 aliphatic rings. The molecule has 0 bridgehead atoms. The summed E-state index contributed by atoms with van der Waals surface area (Å²) in [5.74, 6) is 0. The van der Waals surface area contributed by atoms with E-state index >= 15 is 0 Å². The van der Waals surface area contributed by atoms with Crippen molar-refractivity contribution in [2.75, 3.05) is 6.61 Å². The Bertz CT molecular complexity index is 434. The highest BCUT2D eigenvalue weighted by Crippen LogP contribution is 2.11. The fourth-order valence-electron chi connectivity index (χ4n) is 1.61. The topological polar surface area (TPSA) is 38.1 Å². The van der Waals surface area contributed by atoms with E-state index in [9.17, 15) is 0 Å². The number of para-hydroxylation sites is 1. The Balaban J connectivity index is 2.36. The van der Waals surface area contributed by atoms with Crippen LogP contribution in [0.1, 0.15) is 11.4 Å². The molecule has 0 spiro atoms. The van der Waals surface area contributed by atoms with Crippen LogP contribution in [0.4, 0.5) is 0 Å². The Morgan fingerprint density at radius 2 is 2.00 bits per heavy atom. The first-order valence-corrected chi connectivity index (χ1v) is 5.03. The van der Waals surface area contributed by atoms with Gasteiger partial charge in [0.25, 0.3) is 0 Å². The minimum atomic E-state index is 0.144. The van der Waals surface area contributed by atoms with E-state index in [1.54, 1.807) is 0 Å². The quantitative estimate of drug-likeness (QED) is 0.822. The van der Waals surface area contributed by atoms with E-state index in [0.717, 1.165) is 17.1 Å². The van der Waals surface area contributed by atoms with Gasteiger partial charge < -0.3 is 5.11 Å². The zero-order valence-electron chi connectivity index (χ0n) is 8.72. The maximum atomic E-state index is 8.84. The van der Waals surface area contributed by atoms with E-state index in [0.29, 0.717) is 6.42 Å². The van der Waals surface area contributed by atoms with Gasteiger partial charge in [-0.3, -0.25) is 0 Å². The summed E-state index contributed by atoms with van der Waals surface area (Å²) in [4.78, 5) is 0. The number of nitrogens with zero attached hydrogens (tertiary/aromatic N) is 2. The molecule has 0 atom stereocenters. The number of hydrogen-bond donors (Lipinski definition) is 1. The molecule has 0 amide bonds. The van der Waals surface area contributed by atoms with Gasteiger partial charge in [-0.2, -0.15) is 5.10 Å². The first-order chi connectivity index (χ1) is 7.31. The summed E-state index contributed by atoms with van der Waals surface area (Å²) < 4.78 is 1.89. The highest BCUT2D eigenvalue weighted by molar-refractivity contribution is 5.33. The van der Waals surface area contributed by atoms with E-state index in [4.69, 9.17) is 5.11 Å². The number of aromatic nitrogens is 2. The number of aliphatic hydroxyl groups is 1. The fraction of sp³-hybridized carbons (Fsp3) is 0.250. The van der Waals surface area contributed by atoms with E-state index in [1.807, 2.05) is 48.0 Å². The second-order valence-electron chi connectivity index (χ2n) is 3.50. The van der Waals surface area contributed by atoms with Crippen molar-refractivity contribution in [2.24, 2.45) is 0 Å². The van der Waals surface area contributed by atoms with Gasteiger partial charge in [-0.25, -0.2) is 4.68 Å². The van der Waals surface area contributed by atoms with Crippen molar-refractivity contribution >= 4 is 0 Å². The summed E-state index contributed by atoms with van der Waals surface area (Å²) in [5.41, 5.74) is 3.07. The zero-order valence-corrected chi connectivity index (χ0v) is 8.72. The van der Waals surface area contributed by atoms with Crippen molar-refractivity contribution in [3.8, 4) is 5.69 Å². The van der Waals surface area contributed by atoms with Crippen LogP contribution in [-0.4, -0.2) is 21.5 Å². The molecular weight excluding hydrogens is 188 g/mol. The van der Waals surface area contributed by atoms with Crippen molar-refractivity contribution in [3.63, 3.8) is 0 Å². The van der Waals surface area contributed by atoms with Crippen LogP contribution >= 0.6 is 0 Å². The van der Waals surface area contributed by atoms with E-state index in [1.165, 1.54) is 0 Å². The Kier molecular flexibility index (Phi) is 2.83. The predicted molar refractivity (Wildman–Crippen MR) is 59.1 cm³/mol. The van der Waals surface area contributed by atoms with E-state index < -0.39 is 0 Å². The molecule has 0 saturated carbocycles. The van der Waals surface area contributed by atoms with Gasteiger partial charge in [-0.15, -0.1) is 0 Å². The van der Waals surface area contributed by atoms with Gasteiger partial charge >= 0.3 is 0 Å². The SMILES string of the molecule is Cc1cc(CCO)nn1-c1ccccc1. The van der Waals surface area contributed by atoms with Crippen LogP contribution in [0.2, 0.25) is 0 Å². The molecule has 1 N–H and O–H groups in total. The number of aliphatic hydroxyl groups excluding tert-OH is 1. The molecule has 0 aliphatic heterocycles. The molecule has 1 aromatic heterocycles. The number of hydrogen-bond acceptors (Lipinski definition) is 2. The minimum absolute atomic E-state index is 0.144. The number of aryl methyl sites for hydroxylation is 1. The lowest BCUT2D eigenvalue weighted by Gasteiger charge is -2.02. The lowest BCUT2D eigenvalue weighted by molar-refractivity contribution is 0.298. The van der Waals surface area contributed by atoms with Gasteiger partial charge in [-0.1, -0.05) is 18.2 Å². The van der Waals surface area contributed by atoms with Crippen LogP contribution in [0.3, 0.4) is 0 Å². The van der Waals surface area contributed by atoms with Crippen LogP contribution in [-0.2, 0) is 6.42 Å². The molecule has 78 valence electrons. The molecule has 3 heteroatoms. The zero-order chi connectivity index (χ0) is 10.7. The summed E-state index contributed by atoms with van der Waals surface area (Å²) >= 11 is 0. The molecule has 0 saturated heterocycles. The van der Waals surface area contributed by atoms with E-state index in [2.05, 4.69) is 5.10 Å². The maximum absolute atomic E-state index is 8.84. The Morgan fingerprint density at radius 3 is 2.67 bits per heavy atom. The largest absolute Gasteiger partial charge is 0.396 e. The predicted octanol–water partition coefficient (Wildman–Crippen LogP) is 1.72. The molecule has 0 fully saturated rings. The van der Waals surface area contributed by atoms with Crippen LogP contribution in [0.25, 0.3) is 5.69 Å². The summed E-state index contributed by atoms with van der Waals surface area (Å²) in [7, 11) is 0.